The quantitative estimate of drug-likeness (QED) is 0.473. The van der Waals surface area contributed by atoms with Crippen LogP contribution in [0.5, 0.6) is 0 Å². The van der Waals surface area contributed by atoms with Crippen molar-refractivity contribution >= 4 is 38.3 Å². The maximum absolute atomic E-state index is 13.4. The average Bonchev–Trinajstić information content (AvgIpc) is 3.50. The number of aromatic nitrogens is 3. The Kier molecular flexibility index (Phi) is 4.56. The third-order valence-corrected chi connectivity index (χ3v) is 7.27. The van der Waals surface area contributed by atoms with Gasteiger partial charge in [0.2, 0.25) is 9.84 Å². The van der Waals surface area contributed by atoms with Gasteiger partial charge in [-0.3, -0.25) is 4.68 Å². The Morgan fingerprint density at radius 1 is 1.06 bits per heavy atom. The normalized spacial score (nSPS) is 14.1. The smallest absolute Gasteiger partial charge is 0.335 e. The number of nitrogens with zero attached hydrogens (tertiary/aromatic N) is 3. The van der Waals surface area contributed by atoms with E-state index in [1.807, 2.05) is 0 Å². The monoisotopic (exact) mass is 453 g/mol. The van der Waals surface area contributed by atoms with Crippen LogP contribution in [0, 0.1) is 0 Å². The molecule has 4 aromatic rings. The van der Waals surface area contributed by atoms with Gasteiger partial charge in [0.25, 0.3) is 0 Å². The van der Waals surface area contributed by atoms with Gasteiger partial charge in [-0.1, -0.05) is 17.7 Å². The Labute approximate surface area is 182 Å². The zero-order valence-corrected chi connectivity index (χ0v) is 17.6. The van der Waals surface area contributed by atoms with Gasteiger partial charge in [0.05, 0.1) is 33.9 Å². The summed E-state index contributed by atoms with van der Waals surface area (Å²) in [5.41, 5.74) is 1.63. The number of sulfone groups is 1. The molecule has 31 heavy (non-hydrogen) atoms. The number of rotatable bonds is 5. The maximum Gasteiger partial charge on any atom is 0.335 e. The lowest BCUT2D eigenvalue weighted by Gasteiger charge is -2.11. The van der Waals surface area contributed by atoms with Crippen LogP contribution in [0.4, 0.5) is 0 Å². The zero-order chi connectivity index (χ0) is 21.8. The van der Waals surface area contributed by atoms with Gasteiger partial charge in [0, 0.05) is 10.4 Å². The number of hydrogen-bond acceptors (Lipinski definition) is 5. The summed E-state index contributed by atoms with van der Waals surface area (Å²) >= 11 is 5.92. The van der Waals surface area contributed by atoms with Crippen molar-refractivity contribution < 1.29 is 18.3 Å². The third kappa shape index (κ3) is 3.47. The number of hydrogen-bond donors (Lipinski definition) is 1. The van der Waals surface area contributed by atoms with E-state index in [9.17, 15) is 18.3 Å². The molecular formula is C22H16ClN3O4S. The van der Waals surface area contributed by atoms with Crippen molar-refractivity contribution in [3.8, 4) is 11.4 Å². The van der Waals surface area contributed by atoms with Crippen LogP contribution in [0.2, 0.25) is 5.02 Å². The van der Waals surface area contributed by atoms with E-state index in [0.717, 1.165) is 12.8 Å². The van der Waals surface area contributed by atoms with E-state index in [2.05, 4.69) is 10.1 Å². The summed E-state index contributed by atoms with van der Waals surface area (Å²) in [5.74, 6) is -1.02. The summed E-state index contributed by atoms with van der Waals surface area (Å²) in [4.78, 5) is 16.1. The number of aromatic carboxylic acids is 1. The highest BCUT2D eigenvalue weighted by Gasteiger charge is 2.33. The van der Waals surface area contributed by atoms with Gasteiger partial charge in [0.15, 0.2) is 0 Å². The molecule has 0 atom stereocenters. The summed E-state index contributed by atoms with van der Waals surface area (Å²) < 4.78 is 28.5. The lowest BCUT2D eigenvalue weighted by molar-refractivity contribution is 0.0697. The number of fused-ring (bicyclic) bond motifs is 1. The summed E-state index contributed by atoms with van der Waals surface area (Å²) in [6.07, 6.45) is 3.21. The first kappa shape index (κ1) is 19.7. The van der Waals surface area contributed by atoms with Crippen LogP contribution in [0.1, 0.15) is 29.2 Å². The van der Waals surface area contributed by atoms with Gasteiger partial charge >= 0.3 is 5.97 Å². The summed E-state index contributed by atoms with van der Waals surface area (Å²) in [5, 5.41) is 14.7. The molecule has 1 saturated carbocycles. The lowest BCUT2D eigenvalue weighted by atomic mass is 10.1. The molecule has 5 rings (SSSR count). The van der Waals surface area contributed by atoms with Crippen molar-refractivity contribution in [3.63, 3.8) is 0 Å². The molecule has 2 heterocycles. The molecule has 9 heteroatoms. The predicted octanol–water partition coefficient (Wildman–Crippen LogP) is 4.62. The Hall–Kier alpha value is -3.23. The molecule has 0 bridgehead atoms. The molecule has 2 aromatic carbocycles. The molecule has 1 aliphatic rings. The van der Waals surface area contributed by atoms with Crippen LogP contribution in [0.15, 0.2) is 70.6 Å². The number of carbonyl (C=O) groups is 1. The van der Waals surface area contributed by atoms with Crippen molar-refractivity contribution in [3.05, 3.63) is 71.4 Å². The van der Waals surface area contributed by atoms with Crippen LogP contribution < -0.4 is 0 Å². The highest BCUT2D eigenvalue weighted by atomic mass is 35.5. The summed E-state index contributed by atoms with van der Waals surface area (Å²) in [6, 6.07) is 14.2. The second kappa shape index (κ2) is 7.18. The fraction of sp³-hybridized carbons (Fsp3) is 0.136. The van der Waals surface area contributed by atoms with Gasteiger partial charge in [-0.25, -0.2) is 18.2 Å². The number of halogens is 1. The molecule has 7 nitrogen and oxygen atoms in total. The first-order chi connectivity index (χ1) is 14.8. The molecule has 1 aliphatic carbocycles. The predicted molar refractivity (Wildman–Crippen MR) is 115 cm³/mol. The first-order valence-electron chi connectivity index (χ1n) is 9.57. The van der Waals surface area contributed by atoms with E-state index >= 15 is 0 Å². The minimum Gasteiger partial charge on any atom is -0.478 e. The van der Waals surface area contributed by atoms with Gasteiger partial charge in [-0.15, -0.1) is 0 Å². The van der Waals surface area contributed by atoms with Crippen molar-refractivity contribution in [1.29, 1.82) is 0 Å². The fourth-order valence-electron chi connectivity index (χ4n) is 3.51. The second-order valence-corrected chi connectivity index (χ2v) is 9.75. The molecule has 1 fully saturated rings. The molecule has 0 amide bonds. The van der Waals surface area contributed by atoms with E-state index in [1.54, 1.807) is 22.9 Å². The molecule has 0 unspecified atom stereocenters. The number of benzene rings is 2. The van der Waals surface area contributed by atoms with E-state index in [0.29, 0.717) is 27.3 Å². The highest BCUT2D eigenvalue weighted by molar-refractivity contribution is 7.91. The zero-order valence-electron chi connectivity index (χ0n) is 16.1. The van der Waals surface area contributed by atoms with Crippen molar-refractivity contribution in [2.45, 2.75) is 28.7 Å². The van der Waals surface area contributed by atoms with E-state index in [-0.39, 0.29) is 21.4 Å². The first-order valence-corrected chi connectivity index (χ1v) is 11.4. The topological polar surface area (TPSA) is 102 Å². The molecule has 1 N–H and O–H groups in total. The molecule has 156 valence electrons. The number of carboxylic acid groups (broad SMARTS) is 1. The molecule has 2 aromatic heterocycles. The fourth-order valence-corrected chi connectivity index (χ4v) is 5.03. The van der Waals surface area contributed by atoms with Gasteiger partial charge < -0.3 is 5.11 Å². The van der Waals surface area contributed by atoms with E-state index in [1.165, 1.54) is 42.6 Å². The third-order valence-electron chi connectivity index (χ3n) is 5.25. The average molecular weight is 454 g/mol. The van der Waals surface area contributed by atoms with E-state index < -0.39 is 15.8 Å². The molecular weight excluding hydrogens is 438 g/mol. The number of pyridine rings is 1. The minimum atomic E-state index is -3.85. The standard InChI is InChI=1S/C22H16ClN3O4S/c23-15-3-7-17(8-4-15)31(29,30)20-12-24-26(16-5-6-16)21(20)19-10-1-13-11-14(22(27)28)2-9-18(13)25-19/h1-4,7-12,16H,5-6H2,(H,27,28). The summed E-state index contributed by atoms with van der Waals surface area (Å²) in [6.45, 7) is 0. The van der Waals surface area contributed by atoms with E-state index in [4.69, 9.17) is 11.6 Å². The largest absolute Gasteiger partial charge is 0.478 e. The molecule has 0 spiro atoms. The molecule has 0 radical (unpaired) electrons. The summed E-state index contributed by atoms with van der Waals surface area (Å²) in [7, 11) is -3.85. The van der Waals surface area contributed by atoms with Gasteiger partial charge in [0.1, 0.15) is 10.6 Å². The molecule has 0 saturated heterocycles. The van der Waals surface area contributed by atoms with Crippen LogP contribution in [0.25, 0.3) is 22.3 Å². The molecule has 0 aliphatic heterocycles. The van der Waals surface area contributed by atoms with Crippen LogP contribution >= 0.6 is 11.6 Å². The van der Waals surface area contributed by atoms with Crippen LogP contribution in [-0.2, 0) is 9.84 Å². The Morgan fingerprint density at radius 2 is 1.81 bits per heavy atom. The maximum atomic E-state index is 13.4. The minimum absolute atomic E-state index is 0.0794. The lowest BCUT2D eigenvalue weighted by Crippen LogP contribution is -2.06. The van der Waals surface area contributed by atoms with Crippen LogP contribution in [-0.4, -0.2) is 34.3 Å². The van der Waals surface area contributed by atoms with Crippen LogP contribution in [0.3, 0.4) is 0 Å². The Bertz CT molecular complexity index is 1440. The van der Waals surface area contributed by atoms with Crippen molar-refractivity contribution in [1.82, 2.24) is 14.8 Å². The number of carboxylic acids is 1. The Balaban J connectivity index is 1.68. The van der Waals surface area contributed by atoms with Crippen molar-refractivity contribution in [2.75, 3.05) is 0 Å². The van der Waals surface area contributed by atoms with Gasteiger partial charge in [-0.05, 0) is 61.4 Å². The van der Waals surface area contributed by atoms with Gasteiger partial charge in [-0.2, -0.15) is 5.10 Å². The second-order valence-electron chi connectivity index (χ2n) is 7.40. The highest BCUT2D eigenvalue weighted by Crippen LogP contribution is 2.41. The SMILES string of the molecule is O=C(O)c1ccc2nc(-c3c(S(=O)(=O)c4ccc(Cl)cc4)cnn3C3CC3)ccc2c1. The Morgan fingerprint density at radius 3 is 2.48 bits per heavy atom. The van der Waals surface area contributed by atoms with Crippen molar-refractivity contribution in [2.24, 2.45) is 0 Å².